The number of nitrogens with one attached hydrogen (secondary N) is 1. The maximum Gasteiger partial charge on any atom is 0.251 e. The molecule has 2 rings (SSSR count). The van der Waals surface area contributed by atoms with Crippen LogP contribution in [0.15, 0.2) is 24.3 Å². The molecule has 68 valence electrons. The van der Waals surface area contributed by atoms with Crippen LogP contribution < -0.4 is 5.32 Å². The van der Waals surface area contributed by atoms with E-state index < -0.39 is 0 Å². The minimum absolute atomic E-state index is 0.0231. The van der Waals surface area contributed by atoms with Gasteiger partial charge in [0, 0.05) is 16.6 Å². The van der Waals surface area contributed by atoms with Crippen molar-refractivity contribution in [1.82, 2.24) is 5.32 Å². The van der Waals surface area contributed by atoms with Gasteiger partial charge in [0.15, 0.2) is 0 Å². The average molecular weight is 196 g/mol. The molecular weight excluding hydrogens is 186 g/mol. The zero-order chi connectivity index (χ0) is 9.26. The molecule has 0 atom stereocenters. The average Bonchev–Trinajstić information content (AvgIpc) is 2.88. The van der Waals surface area contributed by atoms with Crippen LogP contribution in [0.1, 0.15) is 23.2 Å². The fourth-order valence-electron chi connectivity index (χ4n) is 1.13. The molecule has 1 saturated carbocycles. The van der Waals surface area contributed by atoms with Crippen molar-refractivity contribution >= 4 is 17.5 Å². The highest BCUT2D eigenvalue weighted by Gasteiger charge is 2.23. The number of carbonyl (C=O) groups excluding carboxylic acids is 1. The number of hydrogen-bond donors (Lipinski definition) is 1. The van der Waals surface area contributed by atoms with Gasteiger partial charge in [0.25, 0.3) is 5.91 Å². The topological polar surface area (TPSA) is 29.1 Å². The Balaban J connectivity index is 2.09. The number of amides is 1. The van der Waals surface area contributed by atoms with Crippen LogP contribution in [-0.2, 0) is 0 Å². The van der Waals surface area contributed by atoms with E-state index >= 15 is 0 Å². The number of hydrogen-bond acceptors (Lipinski definition) is 1. The summed E-state index contributed by atoms with van der Waals surface area (Å²) in [5.74, 6) is -0.0231. The summed E-state index contributed by atoms with van der Waals surface area (Å²) in [6.45, 7) is 0. The minimum atomic E-state index is -0.0231. The van der Waals surface area contributed by atoms with E-state index in [0.717, 1.165) is 12.8 Å². The molecule has 1 aliphatic rings. The lowest BCUT2D eigenvalue weighted by Crippen LogP contribution is -2.25. The Morgan fingerprint density at radius 1 is 1.46 bits per heavy atom. The Hall–Kier alpha value is -1.02. The van der Waals surface area contributed by atoms with Crippen LogP contribution in [0.3, 0.4) is 0 Å². The van der Waals surface area contributed by atoms with Crippen LogP contribution in [0, 0.1) is 0 Å². The molecule has 1 amide bonds. The van der Waals surface area contributed by atoms with Crippen molar-refractivity contribution in [2.24, 2.45) is 0 Å². The van der Waals surface area contributed by atoms with Crippen molar-refractivity contribution in [2.75, 3.05) is 0 Å². The van der Waals surface area contributed by atoms with Gasteiger partial charge in [0.2, 0.25) is 0 Å². The van der Waals surface area contributed by atoms with Crippen LogP contribution >= 0.6 is 11.6 Å². The fourth-order valence-corrected chi connectivity index (χ4v) is 1.32. The van der Waals surface area contributed by atoms with Crippen molar-refractivity contribution in [3.63, 3.8) is 0 Å². The van der Waals surface area contributed by atoms with E-state index in [9.17, 15) is 4.79 Å². The van der Waals surface area contributed by atoms with Gasteiger partial charge in [-0.1, -0.05) is 17.7 Å². The second-order valence-electron chi connectivity index (χ2n) is 3.26. The predicted octanol–water partition coefficient (Wildman–Crippen LogP) is 2.23. The fraction of sp³-hybridized carbons (Fsp3) is 0.300. The van der Waals surface area contributed by atoms with E-state index in [1.165, 1.54) is 0 Å². The highest BCUT2D eigenvalue weighted by atomic mass is 35.5. The number of benzene rings is 1. The number of halogens is 1. The summed E-state index contributed by atoms with van der Waals surface area (Å²) >= 11 is 5.76. The summed E-state index contributed by atoms with van der Waals surface area (Å²) in [4.78, 5) is 11.5. The van der Waals surface area contributed by atoms with Gasteiger partial charge in [-0.05, 0) is 31.0 Å². The molecule has 0 saturated heterocycles. The molecule has 1 aromatic rings. The first kappa shape index (κ1) is 8.57. The lowest BCUT2D eigenvalue weighted by molar-refractivity contribution is 0.0951. The molecule has 1 aliphatic carbocycles. The van der Waals surface area contributed by atoms with Crippen molar-refractivity contribution in [2.45, 2.75) is 18.9 Å². The van der Waals surface area contributed by atoms with Crippen LogP contribution in [0.25, 0.3) is 0 Å². The van der Waals surface area contributed by atoms with E-state index in [1.807, 2.05) is 0 Å². The molecule has 0 spiro atoms. The quantitative estimate of drug-likeness (QED) is 0.771. The Morgan fingerprint density at radius 2 is 2.23 bits per heavy atom. The van der Waals surface area contributed by atoms with Crippen molar-refractivity contribution < 1.29 is 4.79 Å². The maximum atomic E-state index is 11.5. The molecule has 2 nitrogen and oxygen atoms in total. The first-order valence-corrected chi connectivity index (χ1v) is 4.70. The largest absolute Gasteiger partial charge is 0.349 e. The van der Waals surface area contributed by atoms with E-state index in [2.05, 4.69) is 5.32 Å². The van der Waals surface area contributed by atoms with Gasteiger partial charge in [-0.2, -0.15) is 0 Å². The third kappa shape index (κ3) is 2.22. The molecule has 0 bridgehead atoms. The molecule has 3 heteroatoms. The molecule has 13 heavy (non-hydrogen) atoms. The lowest BCUT2D eigenvalue weighted by atomic mass is 10.2. The summed E-state index contributed by atoms with van der Waals surface area (Å²) in [7, 11) is 0. The molecule has 1 fully saturated rings. The van der Waals surface area contributed by atoms with Crippen LogP contribution in [-0.4, -0.2) is 11.9 Å². The molecule has 0 radical (unpaired) electrons. The van der Waals surface area contributed by atoms with Crippen LogP contribution in [0.5, 0.6) is 0 Å². The summed E-state index contributed by atoms with van der Waals surface area (Å²) < 4.78 is 0. The predicted molar refractivity (Wildman–Crippen MR) is 51.9 cm³/mol. The summed E-state index contributed by atoms with van der Waals surface area (Å²) in [6, 6.07) is 7.38. The molecule has 0 heterocycles. The Kier molecular flexibility index (Phi) is 2.23. The molecule has 1 aromatic carbocycles. The first-order chi connectivity index (χ1) is 6.25. The van der Waals surface area contributed by atoms with Crippen LogP contribution in [0.2, 0.25) is 5.02 Å². The van der Waals surface area contributed by atoms with Gasteiger partial charge in [-0.15, -0.1) is 0 Å². The highest BCUT2D eigenvalue weighted by molar-refractivity contribution is 6.30. The maximum absolute atomic E-state index is 11.5. The molecule has 0 aliphatic heterocycles. The SMILES string of the molecule is O=C(NC1CC1)c1cccc(Cl)c1. The molecule has 0 aromatic heterocycles. The minimum Gasteiger partial charge on any atom is -0.349 e. The molecule has 0 unspecified atom stereocenters. The highest BCUT2D eigenvalue weighted by Crippen LogP contribution is 2.19. The number of rotatable bonds is 2. The monoisotopic (exact) mass is 195 g/mol. The third-order valence-electron chi connectivity index (χ3n) is 2.00. The zero-order valence-corrected chi connectivity index (χ0v) is 7.84. The third-order valence-corrected chi connectivity index (χ3v) is 2.23. The smallest absolute Gasteiger partial charge is 0.251 e. The molecule has 1 N–H and O–H groups in total. The van der Waals surface area contributed by atoms with Crippen molar-refractivity contribution in [1.29, 1.82) is 0 Å². The molecular formula is C10H10ClNO. The zero-order valence-electron chi connectivity index (χ0n) is 7.09. The number of carbonyl (C=O) groups is 1. The van der Waals surface area contributed by atoms with Gasteiger partial charge in [0.05, 0.1) is 0 Å². The first-order valence-electron chi connectivity index (χ1n) is 4.32. The van der Waals surface area contributed by atoms with Gasteiger partial charge < -0.3 is 5.32 Å². The Bertz CT molecular complexity index is 333. The van der Waals surface area contributed by atoms with E-state index in [0.29, 0.717) is 16.6 Å². The Morgan fingerprint density at radius 3 is 2.85 bits per heavy atom. The lowest BCUT2D eigenvalue weighted by Gasteiger charge is -2.02. The van der Waals surface area contributed by atoms with Gasteiger partial charge in [-0.25, -0.2) is 0 Å². The standard InChI is InChI=1S/C10H10ClNO/c11-8-3-1-2-7(6-8)10(13)12-9-4-5-9/h1-3,6,9H,4-5H2,(H,12,13). The summed E-state index contributed by atoms with van der Waals surface area (Å²) in [6.07, 6.45) is 2.21. The summed E-state index contributed by atoms with van der Waals surface area (Å²) in [5, 5.41) is 3.50. The van der Waals surface area contributed by atoms with E-state index in [-0.39, 0.29) is 5.91 Å². The van der Waals surface area contributed by atoms with E-state index in [1.54, 1.807) is 24.3 Å². The van der Waals surface area contributed by atoms with Crippen LogP contribution in [0.4, 0.5) is 0 Å². The Labute approximate surface area is 81.9 Å². The summed E-state index contributed by atoms with van der Waals surface area (Å²) in [5.41, 5.74) is 0.638. The van der Waals surface area contributed by atoms with Gasteiger partial charge >= 0.3 is 0 Å². The van der Waals surface area contributed by atoms with Gasteiger partial charge in [0.1, 0.15) is 0 Å². The second-order valence-corrected chi connectivity index (χ2v) is 3.69. The normalized spacial score (nSPS) is 15.5. The second kappa shape index (κ2) is 3.38. The van der Waals surface area contributed by atoms with E-state index in [4.69, 9.17) is 11.6 Å². The van der Waals surface area contributed by atoms with Gasteiger partial charge in [-0.3, -0.25) is 4.79 Å². The van der Waals surface area contributed by atoms with Crippen molar-refractivity contribution in [3.8, 4) is 0 Å². The van der Waals surface area contributed by atoms with Crippen molar-refractivity contribution in [3.05, 3.63) is 34.9 Å².